The molecule has 1 atom stereocenters. The molecule has 0 fully saturated rings. The molecule has 0 aliphatic carbocycles. The molecule has 0 aliphatic rings. The van der Waals surface area contributed by atoms with E-state index in [0.29, 0.717) is 25.4 Å². The second-order valence-electron chi connectivity index (χ2n) is 4.64. The Bertz CT molecular complexity index is 365. The molecule has 0 saturated heterocycles. The van der Waals surface area contributed by atoms with Crippen LogP contribution in [0, 0.1) is 11.7 Å². The molecule has 1 rings (SSSR count). The highest BCUT2D eigenvalue weighted by Gasteiger charge is 2.04. The smallest absolute Gasteiger partial charge is 0.224 e. The standard InChI is InChI=1S/C14H21FN2O/c1-11(10-16)3-2-8-17-14(18)9-12-4-6-13(15)7-5-12/h4-7,11H,2-3,8-10,16H2,1H3,(H,17,18). The van der Waals surface area contributed by atoms with Gasteiger partial charge in [-0.15, -0.1) is 0 Å². The molecule has 0 aromatic heterocycles. The first-order chi connectivity index (χ1) is 8.61. The van der Waals surface area contributed by atoms with Crippen LogP contribution < -0.4 is 11.1 Å². The molecule has 1 aromatic carbocycles. The Labute approximate surface area is 108 Å². The van der Waals surface area contributed by atoms with Gasteiger partial charge in [-0.05, 0) is 43.0 Å². The Morgan fingerprint density at radius 2 is 2.06 bits per heavy atom. The van der Waals surface area contributed by atoms with Crippen molar-refractivity contribution in [3.05, 3.63) is 35.6 Å². The first-order valence-electron chi connectivity index (χ1n) is 6.33. The lowest BCUT2D eigenvalue weighted by atomic mass is 10.1. The minimum atomic E-state index is -0.282. The van der Waals surface area contributed by atoms with Crippen LogP contribution >= 0.6 is 0 Å². The molecule has 1 amide bonds. The summed E-state index contributed by atoms with van der Waals surface area (Å²) in [7, 11) is 0. The van der Waals surface area contributed by atoms with Crippen molar-refractivity contribution in [2.75, 3.05) is 13.1 Å². The van der Waals surface area contributed by atoms with E-state index in [1.54, 1.807) is 12.1 Å². The Kier molecular flexibility index (Phi) is 6.36. The Morgan fingerprint density at radius 3 is 2.67 bits per heavy atom. The summed E-state index contributed by atoms with van der Waals surface area (Å²) in [5, 5.41) is 2.85. The molecule has 0 aliphatic heterocycles. The predicted octanol–water partition coefficient (Wildman–Crippen LogP) is 1.86. The summed E-state index contributed by atoms with van der Waals surface area (Å²) < 4.78 is 12.7. The van der Waals surface area contributed by atoms with Crippen molar-refractivity contribution in [2.24, 2.45) is 11.7 Å². The van der Waals surface area contributed by atoms with E-state index in [0.717, 1.165) is 18.4 Å². The average molecular weight is 252 g/mol. The quantitative estimate of drug-likeness (QED) is 0.728. The lowest BCUT2D eigenvalue weighted by Crippen LogP contribution is -2.26. The Morgan fingerprint density at radius 1 is 1.39 bits per heavy atom. The van der Waals surface area contributed by atoms with Gasteiger partial charge in [0.2, 0.25) is 5.91 Å². The molecule has 0 radical (unpaired) electrons. The van der Waals surface area contributed by atoms with Crippen molar-refractivity contribution in [2.45, 2.75) is 26.2 Å². The van der Waals surface area contributed by atoms with Gasteiger partial charge in [0, 0.05) is 6.54 Å². The number of hydrogen-bond acceptors (Lipinski definition) is 2. The van der Waals surface area contributed by atoms with Gasteiger partial charge in [-0.1, -0.05) is 19.1 Å². The van der Waals surface area contributed by atoms with Crippen molar-refractivity contribution in [3.63, 3.8) is 0 Å². The molecule has 0 heterocycles. The van der Waals surface area contributed by atoms with E-state index in [1.165, 1.54) is 12.1 Å². The maximum absolute atomic E-state index is 12.7. The van der Waals surface area contributed by atoms with Crippen LogP contribution in [-0.4, -0.2) is 19.0 Å². The van der Waals surface area contributed by atoms with E-state index in [2.05, 4.69) is 12.2 Å². The summed E-state index contributed by atoms with van der Waals surface area (Å²) in [6.07, 6.45) is 2.26. The van der Waals surface area contributed by atoms with Gasteiger partial charge >= 0.3 is 0 Å². The third-order valence-corrected chi connectivity index (χ3v) is 2.88. The molecular formula is C14H21FN2O. The van der Waals surface area contributed by atoms with Gasteiger partial charge in [-0.3, -0.25) is 4.79 Å². The highest BCUT2D eigenvalue weighted by Crippen LogP contribution is 2.04. The van der Waals surface area contributed by atoms with Gasteiger partial charge in [-0.2, -0.15) is 0 Å². The largest absolute Gasteiger partial charge is 0.356 e. The summed E-state index contributed by atoms with van der Waals surface area (Å²) in [6.45, 7) is 3.45. The number of carbonyl (C=O) groups excluding carboxylic acids is 1. The van der Waals surface area contributed by atoms with Crippen LogP contribution in [0.25, 0.3) is 0 Å². The first-order valence-corrected chi connectivity index (χ1v) is 6.33. The summed E-state index contributed by atoms with van der Waals surface area (Å²) in [5.41, 5.74) is 6.33. The fraction of sp³-hybridized carbons (Fsp3) is 0.500. The lowest BCUT2D eigenvalue weighted by molar-refractivity contribution is -0.120. The van der Waals surface area contributed by atoms with Crippen molar-refractivity contribution < 1.29 is 9.18 Å². The fourth-order valence-electron chi connectivity index (χ4n) is 1.65. The number of carbonyl (C=O) groups is 1. The third kappa shape index (κ3) is 5.77. The highest BCUT2D eigenvalue weighted by molar-refractivity contribution is 5.78. The second-order valence-corrected chi connectivity index (χ2v) is 4.64. The van der Waals surface area contributed by atoms with E-state index in [-0.39, 0.29) is 11.7 Å². The van der Waals surface area contributed by atoms with Crippen LogP contribution in [0.5, 0.6) is 0 Å². The number of halogens is 1. The molecule has 4 heteroatoms. The van der Waals surface area contributed by atoms with Crippen molar-refractivity contribution in [1.82, 2.24) is 5.32 Å². The summed E-state index contributed by atoms with van der Waals surface area (Å²) >= 11 is 0. The number of benzene rings is 1. The zero-order valence-electron chi connectivity index (χ0n) is 10.8. The highest BCUT2D eigenvalue weighted by atomic mass is 19.1. The van der Waals surface area contributed by atoms with Crippen molar-refractivity contribution >= 4 is 5.91 Å². The SMILES string of the molecule is CC(CN)CCCNC(=O)Cc1ccc(F)cc1. The van der Waals surface area contributed by atoms with E-state index < -0.39 is 0 Å². The number of hydrogen-bond donors (Lipinski definition) is 2. The average Bonchev–Trinajstić information content (AvgIpc) is 2.37. The predicted molar refractivity (Wildman–Crippen MR) is 70.6 cm³/mol. The monoisotopic (exact) mass is 252 g/mol. The Balaban J connectivity index is 2.19. The van der Waals surface area contributed by atoms with Gasteiger partial charge in [-0.25, -0.2) is 4.39 Å². The number of amides is 1. The minimum absolute atomic E-state index is 0.0259. The van der Waals surface area contributed by atoms with Gasteiger partial charge < -0.3 is 11.1 Å². The van der Waals surface area contributed by atoms with Crippen LogP contribution in [0.15, 0.2) is 24.3 Å². The molecule has 18 heavy (non-hydrogen) atoms. The zero-order chi connectivity index (χ0) is 13.4. The molecule has 0 bridgehead atoms. The second kappa shape index (κ2) is 7.82. The number of nitrogens with two attached hydrogens (primary N) is 1. The van der Waals surface area contributed by atoms with E-state index in [4.69, 9.17) is 5.73 Å². The Hall–Kier alpha value is -1.42. The number of rotatable bonds is 7. The van der Waals surface area contributed by atoms with E-state index >= 15 is 0 Å². The third-order valence-electron chi connectivity index (χ3n) is 2.88. The normalized spacial score (nSPS) is 12.2. The molecular weight excluding hydrogens is 231 g/mol. The summed E-state index contributed by atoms with van der Waals surface area (Å²) in [4.78, 5) is 11.6. The molecule has 1 unspecified atom stereocenters. The molecule has 0 spiro atoms. The zero-order valence-corrected chi connectivity index (χ0v) is 10.8. The number of nitrogens with one attached hydrogen (secondary N) is 1. The molecule has 100 valence electrons. The maximum Gasteiger partial charge on any atom is 0.224 e. The van der Waals surface area contributed by atoms with E-state index in [9.17, 15) is 9.18 Å². The van der Waals surface area contributed by atoms with Gasteiger partial charge in [0.1, 0.15) is 5.82 Å². The van der Waals surface area contributed by atoms with Crippen LogP contribution in [0.4, 0.5) is 4.39 Å². The van der Waals surface area contributed by atoms with Crippen molar-refractivity contribution in [1.29, 1.82) is 0 Å². The van der Waals surface area contributed by atoms with Crippen LogP contribution in [0.1, 0.15) is 25.3 Å². The van der Waals surface area contributed by atoms with Gasteiger partial charge in [0.15, 0.2) is 0 Å². The van der Waals surface area contributed by atoms with Crippen molar-refractivity contribution in [3.8, 4) is 0 Å². The van der Waals surface area contributed by atoms with Crippen LogP contribution in [0.2, 0.25) is 0 Å². The van der Waals surface area contributed by atoms with Gasteiger partial charge in [0.25, 0.3) is 0 Å². The minimum Gasteiger partial charge on any atom is -0.356 e. The molecule has 1 aromatic rings. The summed E-state index contributed by atoms with van der Waals surface area (Å²) in [6, 6.07) is 5.99. The molecule has 3 N–H and O–H groups in total. The fourth-order valence-corrected chi connectivity index (χ4v) is 1.65. The van der Waals surface area contributed by atoms with E-state index in [1.807, 2.05) is 0 Å². The van der Waals surface area contributed by atoms with Crippen LogP contribution in [0.3, 0.4) is 0 Å². The van der Waals surface area contributed by atoms with Crippen LogP contribution in [-0.2, 0) is 11.2 Å². The summed E-state index contributed by atoms with van der Waals surface area (Å²) in [5.74, 6) is 0.191. The first kappa shape index (κ1) is 14.6. The lowest BCUT2D eigenvalue weighted by Gasteiger charge is -2.09. The topological polar surface area (TPSA) is 55.1 Å². The van der Waals surface area contributed by atoms with Gasteiger partial charge in [0.05, 0.1) is 6.42 Å². The molecule has 0 saturated carbocycles. The maximum atomic E-state index is 12.7. The molecule has 3 nitrogen and oxygen atoms in total.